The highest BCUT2D eigenvalue weighted by molar-refractivity contribution is 5.11. The number of hydrogen-bond donors (Lipinski definition) is 2. The lowest BCUT2D eigenvalue weighted by Crippen LogP contribution is -2.37. The van der Waals surface area contributed by atoms with Crippen molar-refractivity contribution in [2.45, 2.75) is 38.3 Å². The Morgan fingerprint density at radius 3 is 2.62 bits per heavy atom. The van der Waals surface area contributed by atoms with Crippen LogP contribution < -0.4 is 11.3 Å². The molecule has 4 nitrogen and oxygen atoms in total. The summed E-state index contributed by atoms with van der Waals surface area (Å²) in [5.41, 5.74) is 4.11. The zero-order valence-corrected chi connectivity index (χ0v) is 10.0. The van der Waals surface area contributed by atoms with Crippen LogP contribution in [0.5, 0.6) is 0 Å². The largest absolute Gasteiger partial charge is 0.382 e. The van der Waals surface area contributed by atoms with Crippen LogP contribution >= 0.6 is 0 Å². The molecular weight excluding hydrogens is 202 g/mol. The van der Waals surface area contributed by atoms with E-state index in [4.69, 9.17) is 10.6 Å². The summed E-state index contributed by atoms with van der Waals surface area (Å²) in [7, 11) is 1.73. The van der Waals surface area contributed by atoms with Crippen LogP contribution in [0.25, 0.3) is 0 Å². The summed E-state index contributed by atoms with van der Waals surface area (Å²) in [6, 6.07) is 4.33. The fourth-order valence-electron chi connectivity index (χ4n) is 1.60. The molecule has 0 saturated carbocycles. The molecule has 0 spiro atoms. The van der Waals surface area contributed by atoms with E-state index in [0.29, 0.717) is 6.04 Å². The van der Waals surface area contributed by atoms with Crippen molar-refractivity contribution in [2.24, 2.45) is 5.84 Å². The van der Waals surface area contributed by atoms with Gasteiger partial charge < -0.3 is 4.74 Å². The van der Waals surface area contributed by atoms with Gasteiger partial charge in [0.05, 0.1) is 6.10 Å². The Morgan fingerprint density at radius 1 is 1.38 bits per heavy atom. The van der Waals surface area contributed by atoms with Gasteiger partial charge >= 0.3 is 0 Å². The van der Waals surface area contributed by atoms with Crippen molar-refractivity contribution < 1.29 is 4.74 Å². The van der Waals surface area contributed by atoms with Gasteiger partial charge in [-0.05, 0) is 43.9 Å². The van der Waals surface area contributed by atoms with E-state index in [1.165, 1.54) is 5.56 Å². The van der Waals surface area contributed by atoms with Gasteiger partial charge in [-0.15, -0.1) is 0 Å². The van der Waals surface area contributed by atoms with Crippen molar-refractivity contribution in [3.8, 4) is 0 Å². The van der Waals surface area contributed by atoms with E-state index in [-0.39, 0.29) is 6.10 Å². The number of rotatable bonds is 7. The minimum atomic E-state index is 0.285. The third kappa shape index (κ3) is 4.70. The summed E-state index contributed by atoms with van der Waals surface area (Å²) in [6.07, 6.45) is 6.84. The molecule has 1 rings (SSSR count). The molecule has 0 aliphatic heterocycles. The predicted octanol–water partition coefficient (Wildman–Crippen LogP) is 1.27. The third-order valence-electron chi connectivity index (χ3n) is 2.79. The molecular formula is C12H21N3O. The fraction of sp³-hybridized carbons (Fsp3) is 0.583. The monoisotopic (exact) mass is 223 g/mol. The number of methoxy groups -OCH3 is 1. The average molecular weight is 223 g/mol. The van der Waals surface area contributed by atoms with Gasteiger partial charge in [-0.1, -0.05) is 0 Å². The lowest BCUT2D eigenvalue weighted by atomic mass is 10.0. The molecule has 1 aromatic heterocycles. The lowest BCUT2D eigenvalue weighted by Gasteiger charge is -2.17. The normalized spacial score (nSPS) is 14.7. The highest BCUT2D eigenvalue weighted by Crippen LogP contribution is 2.09. The smallest absolute Gasteiger partial charge is 0.0543 e. The number of pyridine rings is 1. The summed E-state index contributed by atoms with van der Waals surface area (Å²) in [4.78, 5) is 3.99. The minimum absolute atomic E-state index is 0.285. The molecule has 3 N–H and O–H groups in total. The van der Waals surface area contributed by atoms with E-state index >= 15 is 0 Å². The Hall–Kier alpha value is -0.970. The Bertz CT molecular complexity index is 279. The Kier molecular flexibility index (Phi) is 6.00. The average Bonchev–Trinajstić information content (AvgIpc) is 2.35. The molecule has 0 aromatic carbocycles. The molecule has 16 heavy (non-hydrogen) atoms. The van der Waals surface area contributed by atoms with Crippen LogP contribution in [0.3, 0.4) is 0 Å². The van der Waals surface area contributed by atoms with Crippen molar-refractivity contribution in [1.29, 1.82) is 0 Å². The second-order valence-electron chi connectivity index (χ2n) is 4.05. The molecule has 0 aliphatic carbocycles. The van der Waals surface area contributed by atoms with Crippen molar-refractivity contribution in [2.75, 3.05) is 7.11 Å². The molecule has 0 radical (unpaired) electrons. The maximum absolute atomic E-state index is 5.54. The van der Waals surface area contributed by atoms with Gasteiger partial charge in [0.25, 0.3) is 0 Å². The van der Waals surface area contributed by atoms with Gasteiger partial charge in [-0.3, -0.25) is 16.3 Å². The number of nitrogens with one attached hydrogen (secondary N) is 1. The lowest BCUT2D eigenvalue weighted by molar-refractivity contribution is 0.106. The number of ether oxygens (including phenoxy) is 1. The zero-order chi connectivity index (χ0) is 11.8. The molecule has 90 valence electrons. The quantitative estimate of drug-likeness (QED) is 0.540. The van der Waals surface area contributed by atoms with E-state index < -0.39 is 0 Å². The van der Waals surface area contributed by atoms with Gasteiger partial charge in [0.1, 0.15) is 0 Å². The van der Waals surface area contributed by atoms with Crippen LogP contribution in [0, 0.1) is 0 Å². The molecule has 0 bridgehead atoms. The number of hydrogen-bond acceptors (Lipinski definition) is 4. The van der Waals surface area contributed by atoms with E-state index in [1.54, 1.807) is 19.5 Å². The van der Waals surface area contributed by atoms with E-state index in [0.717, 1.165) is 19.3 Å². The van der Waals surface area contributed by atoms with Crippen molar-refractivity contribution in [1.82, 2.24) is 10.4 Å². The van der Waals surface area contributed by atoms with Crippen LogP contribution in [-0.2, 0) is 11.2 Å². The summed E-state index contributed by atoms with van der Waals surface area (Å²) >= 11 is 0. The molecule has 1 aromatic rings. The van der Waals surface area contributed by atoms with Gasteiger partial charge in [-0.25, -0.2) is 0 Å². The van der Waals surface area contributed by atoms with Crippen LogP contribution in [0.4, 0.5) is 0 Å². The van der Waals surface area contributed by atoms with Crippen molar-refractivity contribution >= 4 is 0 Å². The van der Waals surface area contributed by atoms with Crippen LogP contribution in [0.15, 0.2) is 24.5 Å². The van der Waals surface area contributed by atoms with Crippen molar-refractivity contribution in [3.63, 3.8) is 0 Å². The van der Waals surface area contributed by atoms with Gasteiger partial charge in [0.15, 0.2) is 0 Å². The fourth-order valence-corrected chi connectivity index (χ4v) is 1.60. The first-order valence-electron chi connectivity index (χ1n) is 5.64. The topological polar surface area (TPSA) is 60.2 Å². The summed E-state index contributed by atoms with van der Waals surface area (Å²) < 4.78 is 5.22. The van der Waals surface area contributed by atoms with E-state index in [2.05, 4.69) is 17.3 Å². The summed E-state index contributed by atoms with van der Waals surface area (Å²) in [6.45, 7) is 2.07. The first kappa shape index (κ1) is 13.1. The van der Waals surface area contributed by atoms with Crippen molar-refractivity contribution in [3.05, 3.63) is 30.1 Å². The first-order valence-corrected chi connectivity index (χ1v) is 5.64. The van der Waals surface area contributed by atoms with E-state index in [1.807, 2.05) is 12.1 Å². The maximum Gasteiger partial charge on any atom is 0.0543 e. The Morgan fingerprint density at radius 2 is 2.06 bits per heavy atom. The molecule has 1 heterocycles. The van der Waals surface area contributed by atoms with E-state index in [9.17, 15) is 0 Å². The van der Waals surface area contributed by atoms with Crippen LogP contribution in [-0.4, -0.2) is 24.2 Å². The number of aromatic nitrogens is 1. The van der Waals surface area contributed by atoms with Crippen LogP contribution in [0.1, 0.15) is 25.3 Å². The minimum Gasteiger partial charge on any atom is -0.382 e. The van der Waals surface area contributed by atoms with Gasteiger partial charge in [-0.2, -0.15) is 0 Å². The summed E-state index contributed by atoms with van der Waals surface area (Å²) in [5, 5.41) is 0. The number of hydrazine groups is 1. The van der Waals surface area contributed by atoms with Gasteiger partial charge in [0.2, 0.25) is 0 Å². The first-order chi connectivity index (χ1) is 7.76. The third-order valence-corrected chi connectivity index (χ3v) is 2.79. The van der Waals surface area contributed by atoms with Gasteiger partial charge in [0, 0.05) is 25.5 Å². The Labute approximate surface area is 97.2 Å². The standard InChI is InChI=1S/C12H21N3O/c1-10(16-2)3-4-12(15-13)9-11-5-7-14-8-6-11/h5-8,10,12,15H,3-4,9,13H2,1-2H3. The number of nitrogens with two attached hydrogens (primary N) is 1. The summed E-state index contributed by atoms with van der Waals surface area (Å²) in [5.74, 6) is 5.54. The molecule has 4 heteroatoms. The molecule has 2 unspecified atom stereocenters. The predicted molar refractivity (Wildman–Crippen MR) is 64.8 cm³/mol. The zero-order valence-electron chi connectivity index (χ0n) is 10.0. The molecule has 0 saturated heterocycles. The SMILES string of the molecule is COC(C)CCC(Cc1ccncc1)NN. The second-order valence-corrected chi connectivity index (χ2v) is 4.05. The highest BCUT2D eigenvalue weighted by Gasteiger charge is 2.09. The molecule has 0 aliphatic rings. The molecule has 0 amide bonds. The number of nitrogens with zero attached hydrogens (tertiary/aromatic N) is 1. The molecule has 2 atom stereocenters. The van der Waals surface area contributed by atoms with Crippen LogP contribution in [0.2, 0.25) is 0 Å². The molecule has 0 fully saturated rings. The Balaban J connectivity index is 2.37. The maximum atomic E-state index is 5.54. The highest BCUT2D eigenvalue weighted by atomic mass is 16.5. The second kappa shape index (κ2) is 7.33.